The molecule has 1 atom stereocenters. The van der Waals surface area contributed by atoms with Crippen molar-refractivity contribution in [2.45, 2.75) is 52.0 Å². The summed E-state index contributed by atoms with van der Waals surface area (Å²) in [4.78, 5) is 11.8. The summed E-state index contributed by atoms with van der Waals surface area (Å²) < 4.78 is 0. The van der Waals surface area contributed by atoms with Gasteiger partial charge in [-0.05, 0) is 43.9 Å². The number of amides is 1. The lowest BCUT2D eigenvalue weighted by Crippen LogP contribution is -2.26. The molecule has 0 aliphatic carbocycles. The van der Waals surface area contributed by atoms with Gasteiger partial charge in [-0.1, -0.05) is 37.6 Å². The van der Waals surface area contributed by atoms with Gasteiger partial charge in [-0.2, -0.15) is 0 Å². The van der Waals surface area contributed by atoms with Crippen LogP contribution in [-0.2, 0) is 11.2 Å². The van der Waals surface area contributed by atoms with Crippen LogP contribution >= 0.6 is 0 Å². The molecule has 0 radical (unpaired) electrons. The van der Waals surface area contributed by atoms with Crippen LogP contribution in [0.5, 0.6) is 0 Å². The fourth-order valence-corrected chi connectivity index (χ4v) is 2.05. The number of hydrogen-bond acceptors (Lipinski definition) is 2. The molecule has 1 aromatic rings. The average molecular weight is 262 g/mol. The zero-order valence-corrected chi connectivity index (χ0v) is 12.1. The van der Waals surface area contributed by atoms with Crippen molar-refractivity contribution in [1.29, 1.82) is 0 Å². The van der Waals surface area contributed by atoms with Crippen LogP contribution in [0.3, 0.4) is 0 Å². The summed E-state index contributed by atoms with van der Waals surface area (Å²) in [5, 5.41) is 3.04. The van der Waals surface area contributed by atoms with Crippen LogP contribution in [0.4, 0.5) is 0 Å². The predicted octanol–water partition coefficient (Wildman–Crippen LogP) is 2.95. The van der Waals surface area contributed by atoms with E-state index >= 15 is 0 Å². The van der Waals surface area contributed by atoms with Crippen LogP contribution in [0.25, 0.3) is 0 Å². The van der Waals surface area contributed by atoms with E-state index < -0.39 is 0 Å². The maximum atomic E-state index is 11.8. The molecule has 0 aliphatic rings. The van der Waals surface area contributed by atoms with Gasteiger partial charge in [-0.25, -0.2) is 0 Å². The highest BCUT2D eigenvalue weighted by atomic mass is 16.1. The van der Waals surface area contributed by atoms with Gasteiger partial charge in [0.25, 0.3) is 0 Å². The number of nitrogens with two attached hydrogens (primary N) is 1. The Morgan fingerprint density at radius 1 is 1.21 bits per heavy atom. The van der Waals surface area contributed by atoms with Crippen LogP contribution in [0.1, 0.15) is 56.7 Å². The Morgan fingerprint density at radius 3 is 2.47 bits per heavy atom. The number of carbonyl (C=O) groups excluding carboxylic acids is 1. The minimum absolute atomic E-state index is 0.0768. The summed E-state index contributed by atoms with van der Waals surface area (Å²) in [5.41, 5.74) is 7.91. The van der Waals surface area contributed by atoms with Gasteiger partial charge in [0.05, 0.1) is 6.04 Å². The molecule has 0 saturated carbocycles. The van der Waals surface area contributed by atoms with Gasteiger partial charge in [0.15, 0.2) is 0 Å². The molecule has 3 nitrogen and oxygen atoms in total. The summed E-state index contributed by atoms with van der Waals surface area (Å²) in [6.45, 7) is 4.88. The molecular weight excluding hydrogens is 236 g/mol. The Balaban J connectivity index is 2.36. The third kappa shape index (κ3) is 5.88. The van der Waals surface area contributed by atoms with Crippen molar-refractivity contribution < 1.29 is 4.79 Å². The number of carbonyl (C=O) groups is 1. The number of aryl methyl sites for hydroxylation is 1. The minimum Gasteiger partial charge on any atom is -0.350 e. The Morgan fingerprint density at radius 2 is 1.89 bits per heavy atom. The lowest BCUT2D eigenvalue weighted by atomic mass is 10.0. The second-order valence-corrected chi connectivity index (χ2v) is 4.98. The fraction of sp³-hybridized carbons (Fsp3) is 0.562. The molecule has 0 fully saturated rings. The van der Waals surface area contributed by atoms with Gasteiger partial charge in [0, 0.05) is 6.42 Å². The first-order valence-electron chi connectivity index (χ1n) is 7.25. The molecule has 0 aliphatic heterocycles. The van der Waals surface area contributed by atoms with E-state index in [9.17, 15) is 4.79 Å². The number of rotatable bonds is 8. The monoisotopic (exact) mass is 262 g/mol. The lowest BCUT2D eigenvalue weighted by molar-refractivity contribution is -0.121. The summed E-state index contributed by atoms with van der Waals surface area (Å²) in [6.07, 6.45) is 4.59. The van der Waals surface area contributed by atoms with E-state index in [1.54, 1.807) is 0 Å². The zero-order chi connectivity index (χ0) is 14.1. The van der Waals surface area contributed by atoms with E-state index in [0.29, 0.717) is 13.0 Å². The summed E-state index contributed by atoms with van der Waals surface area (Å²) in [7, 11) is 0. The molecule has 0 bridgehead atoms. The molecule has 106 valence electrons. The van der Waals surface area contributed by atoms with Crippen molar-refractivity contribution in [3.63, 3.8) is 0 Å². The quantitative estimate of drug-likeness (QED) is 0.708. The van der Waals surface area contributed by atoms with Gasteiger partial charge in [0.1, 0.15) is 0 Å². The topological polar surface area (TPSA) is 55.1 Å². The summed E-state index contributed by atoms with van der Waals surface area (Å²) >= 11 is 0. The minimum atomic E-state index is 0.0768. The van der Waals surface area contributed by atoms with Crippen LogP contribution in [-0.4, -0.2) is 12.5 Å². The molecule has 0 saturated heterocycles. The highest BCUT2D eigenvalue weighted by Gasteiger charge is 2.08. The van der Waals surface area contributed by atoms with Gasteiger partial charge in [0.2, 0.25) is 5.91 Å². The SMILES string of the molecule is CCc1ccc(C(C)NC(=O)CCCCCN)cc1. The van der Waals surface area contributed by atoms with Crippen molar-refractivity contribution >= 4 is 5.91 Å². The maximum Gasteiger partial charge on any atom is 0.220 e. The zero-order valence-electron chi connectivity index (χ0n) is 12.1. The molecule has 0 heterocycles. The lowest BCUT2D eigenvalue weighted by Gasteiger charge is -2.14. The van der Waals surface area contributed by atoms with Crippen LogP contribution in [0.2, 0.25) is 0 Å². The molecule has 0 aromatic heterocycles. The van der Waals surface area contributed by atoms with Crippen molar-refractivity contribution in [1.82, 2.24) is 5.32 Å². The molecule has 0 spiro atoms. The van der Waals surface area contributed by atoms with E-state index in [-0.39, 0.29) is 11.9 Å². The molecule has 3 heteroatoms. The Kier molecular flexibility index (Phi) is 7.19. The van der Waals surface area contributed by atoms with Gasteiger partial charge in [-0.3, -0.25) is 4.79 Å². The maximum absolute atomic E-state index is 11.8. The highest BCUT2D eigenvalue weighted by Crippen LogP contribution is 2.14. The highest BCUT2D eigenvalue weighted by molar-refractivity contribution is 5.76. The second kappa shape index (κ2) is 8.70. The number of unbranched alkanes of at least 4 members (excludes halogenated alkanes) is 2. The second-order valence-electron chi connectivity index (χ2n) is 4.98. The van der Waals surface area contributed by atoms with Crippen LogP contribution < -0.4 is 11.1 Å². The van der Waals surface area contributed by atoms with E-state index in [4.69, 9.17) is 5.73 Å². The number of benzene rings is 1. The molecule has 1 rings (SSSR count). The molecule has 19 heavy (non-hydrogen) atoms. The summed E-state index contributed by atoms with van der Waals surface area (Å²) in [6, 6.07) is 8.52. The van der Waals surface area contributed by atoms with Crippen molar-refractivity contribution in [2.75, 3.05) is 6.54 Å². The Labute approximate surface area is 116 Å². The van der Waals surface area contributed by atoms with E-state index in [1.807, 2.05) is 6.92 Å². The Hall–Kier alpha value is -1.35. The third-order valence-electron chi connectivity index (χ3n) is 3.37. The fourth-order valence-electron chi connectivity index (χ4n) is 2.05. The average Bonchev–Trinajstić information content (AvgIpc) is 2.43. The van der Waals surface area contributed by atoms with Crippen molar-refractivity contribution in [2.24, 2.45) is 5.73 Å². The number of nitrogens with one attached hydrogen (secondary N) is 1. The summed E-state index contributed by atoms with van der Waals surface area (Å²) in [5.74, 6) is 0.129. The normalized spacial score (nSPS) is 12.2. The standard InChI is InChI=1S/C16H26N2O/c1-3-14-8-10-15(11-9-14)13(2)18-16(19)7-5-4-6-12-17/h8-11,13H,3-7,12,17H2,1-2H3,(H,18,19). The Bertz CT molecular complexity index is 373. The van der Waals surface area contributed by atoms with Gasteiger partial charge >= 0.3 is 0 Å². The molecule has 1 amide bonds. The van der Waals surface area contributed by atoms with Crippen LogP contribution in [0, 0.1) is 0 Å². The third-order valence-corrected chi connectivity index (χ3v) is 3.37. The molecular formula is C16H26N2O. The molecule has 3 N–H and O–H groups in total. The first-order chi connectivity index (χ1) is 9.17. The van der Waals surface area contributed by atoms with Gasteiger partial charge < -0.3 is 11.1 Å². The smallest absolute Gasteiger partial charge is 0.220 e. The van der Waals surface area contributed by atoms with Crippen molar-refractivity contribution in [3.05, 3.63) is 35.4 Å². The van der Waals surface area contributed by atoms with Gasteiger partial charge in [-0.15, -0.1) is 0 Å². The molecule has 1 aromatic carbocycles. The van der Waals surface area contributed by atoms with E-state index in [2.05, 4.69) is 36.5 Å². The molecule has 1 unspecified atom stereocenters. The largest absolute Gasteiger partial charge is 0.350 e. The van der Waals surface area contributed by atoms with Crippen molar-refractivity contribution in [3.8, 4) is 0 Å². The first kappa shape index (κ1) is 15.7. The van der Waals surface area contributed by atoms with E-state index in [0.717, 1.165) is 31.2 Å². The van der Waals surface area contributed by atoms with E-state index in [1.165, 1.54) is 5.56 Å². The predicted molar refractivity (Wildman–Crippen MR) is 79.9 cm³/mol. The number of hydrogen-bond donors (Lipinski definition) is 2. The van der Waals surface area contributed by atoms with Crippen LogP contribution in [0.15, 0.2) is 24.3 Å². The first-order valence-corrected chi connectivity index (χ1v) is 7.25.